The van der Waals surface area contributed by atoms with E-state index >= 15 is 0 Å². The summed E-state index contributed by atoms with van der Waals surface area (Å²) in [6.45, 7) is 3.44. The van der Waals surface area contributed by atoms with Gasteiger partial charge in [0.2, 0.25) is 0 Å². The smallest absolute Gasteiger partial charge is 0.162 e. The number of aromatic nitrogens is 1. The zero-order valence-electron chi connectivity index (χ0n) is 10.9. The van der Waals surface area contributed by atoms with Gasteiger partial charge in [-0.1, -0.05) is 13.0 Å². The summed E-state index contributed by atoms with van der Waals surface area (Å²) in [4.78, 5) is 15.4. The van der Waals surface area contributed by atoms with Gasteiger partial charge in [0.1, 0.15) is 5.82 Å². The van der Waals surface area contributed by atoms with Gasteiger partial charge >= 0.3 is 0 Å². The fraction of sp³-hybridized carbons (Fsp3) is 0.200. The number of carbonyl (C=O) groups excluding carboxylic acids is 1. The predicted octanol–water partition coefficient (Wildman–Crippen LogP) is 3.73. The van der Waals surface area contributed by atoms with Crippen LogP contribution in [-0.4, -0.2) is 10.8 Å². The zero-order valence-corrected chi connectivity index (χ0v) is 10.9. The number of hydrogen-bond acceptors (Lipinski definition) is 3. The lowest BCUT2D eigenvalue weighted by atomic mass is 10.1. The third-order valence-electron chi connectivity index (χ3n) is 2.91. The van der Waals surface area contributed by atoms with Gasteiger partial charge in [-0.2, -0.15) is 0 Å². The summed E-state index contributed by atoms with van der Waals surface area (Å²) >= 11 is 0. The maximum absolute atomic E-state index is 13.9. The van der Waals surface area contributed by atoms with Crippen LogP contribution in [-0.2, 0) is 6.42 Å². The molecule has 0 saturated carbocycles. The number of carbonyl (C=O) groups is 1. The molecule has 0 atom stereocenters. The van der Waals surface area contributed by atoms with Crippen molar-refractivity contribution in [3.05, 3.63) is 53.6 Å². The minimum absolute atomic E-state index is 0.0875. The van der Waals surface area contributed by atoms with Crippen LogP contribution in [0.3, 0.4) is 0 Å². The van der Waals surface area contributed by atoms with E-state index in [4.69, 9.17) is 0 Å². The molecule has 0 unspecified atom stereocenters. The molecule has 0 saturated heterocycles. The second-order valence-corrected chi connectivity index (χ2v) is 4.27. The van der Waals surface area contributed by atoms with Crippen LogP contribution in [0.1, 0.15) is 29.8 Å². The number of benzene rings is 1. The van der Waals surface area contributed by atoms with Crippen molar-refractivity contribution in [3.8, 4) is 0 Å². The minimum atomic E-state index is -0.335. The lowest BCUT2D eigenvalue weighted by molar-refractivity contribution is 0.101. The van der Waals surface area contributed by atoms with E-state index in [0.717, 1.165) is 12.0 Å². The molecule has 1 N–H and O–H groups in total. The van der Waals surface area contributed by atoms with Gasteiger partial charge in [0.15, 0.2) is 5.78 Å². The van der Waals surface area contributed by atoms with Crippen molar-refractivity contribution in [1.29, 1.82) is 0 Å². The summed E-state index contributed by atoms with van der Waals surface area (Å²) in [6.07, 6.45) is 3.84. The van der Waals surface area contributed by atoms with E-state index in [2.05, 4.69) is 10.3 Å². The number of hydrogen-bond donors (Lipinski definition) is 1. The first-order valence-corrected chi connectivity index (χ1v) is 6.12. The molecule has 0 spiro atoms. The zero-order chi connectivity index (χ0) is 13.8. The lowest BCUT2D eigenvalue weighted by Crippen LogP contribution is -2.02. The van der Waals surface area contributed by atoms with Crippen LogP contribution in [0.5, 0.6) is 0 Å². The van der Waals surface area contributed by atoms with Gasteiger partial charge in [-0.25, -0.2) is 4.39 Å². The molecule has 2 rings (SSSR count). The van der Waals surface area contributed by atoms with Crippen molar-refractivity contribution in [2.24, 2.45) is 0 Å². The summed E-state index contributed by atoms with van der Waals surface area (Å²) in [5, 5.41) is 2.92. The average Bonchev–Trinajstić information content (AvgIpc) is 2.41. The quantitative estimate of drug-likeness (QED) is 0.850. The maximum Gasteiger partial charge on any atom is 0.162 e. The van der Waals surface area contributed by atoms with Crippen molar-refractivity contribution < 1.29 is 9.18 Å². The highest BCUT2D eigenvalue weighted by Crippen LogP contribution is 2.23. The molecule has 0 aliphatic rings. The van der Waals surface area contributed by atoms with Crippen LogP contribution in [0, 0.1) is 5.82 Å². The van der Waals surface area contributed by atoms with Crippen molar-refractivity contribution in [1.82, 2.24) is 4.98 Å². The third-order valence-corrected chi connectivity index (χ3v) is 2.91. The second-order valence-electron chi connectivity index (χ2n) is 4.27. The number of Topliss-reactive ketones (excluding diaryl/α,β-unsaturated/α-hetero) is 1. The Morgan fingerprint density at radius 1 is 1.32 bits per heavy atom. The van der Waals surface area contributed by atoms with E-state index in [1.165, 1.54) is 19.2 Å². The standard InChI is InChI=1S/C15H15FN2O/c1-3-11-4-5-14(13(16)8-11)18-15-9-17-7-6-12(15)10(2)19/h4-9,18H,3H2,1-2H3. The SMILES string of the molecule is CCc1ccc(Nc2cnccc2C(C)=O)c(F)c1. The molecule has 3 nitrogen and oxygen atoms in total. The summed E-state index contributed by atoms with van der Waals surface area (Å²) in [7, 11) is 0. The Bertz CT molecular complexity index is 611. The number of nitrogens with one attached hydrogen (secondary N) is 1. The highest BCUT2D eigenvalue weighted by atomic mass is 19.1. The summed E-state index contributed by atoms with van der Waals surface area (Å²) in [5.74, 6) is -0.423. The third kappa shape index (κ3) is 2.96. The van der Waals surface area contributed by atoms with Crippen LogP contribution in [0.4, 0.5) is 15.8 Å². The molecule has 0 fully saturated rings. The van der Waals surface area contributed by atoms with Gasteiger partial charge in [0, 0.05) is 11.8 Å². The highest BCUT2D eigenvalue weighted by molar-refractivity contribution is 5.99. The van der Waals surface area contributed by atoms with E-state index in [-0.39, 0.29) is 11.6 Å². The molecule has 0 bridgehead atoms. The highest BCUT2D eigenvalue weighted by Gasteiger charge is 2.09. The summed E-state index contributed by atoms with van der Waals surface area (Å²) < 4.78 is 13.9. The number of nitrogens with zero attached hydrogens (tertiary/aromatic N) is 1. The molecular weight excluding hydrogens is 243 g/mol. The molecular formula is C15H15FN2O. The van der Waals surface area contributed by atoms with Crippen molar-refractivity contribution in [3.63, 3.8) is 0 Å². The number of ketones is 1. The lowest BCUT2D eigenvalue weighted by Gasteiger charge is -2.11. The second kappa shape index (κ2) is 5.61. The van der Waals surface area contributed by atoms with E-state index < -0.39 is 0 Å². The first kappa shape index (κ1) is 13.2. The Morgan fingerprint density at radius 3 is 2.74 bits per heavy atom. The first-order valence-electron chi connectivity index (χ1n) is 6.12. The molecule has 1 heterocycles. The van der Waals surface area contributed by atoms with Gasteiger partial charge in [0.05, 0.1) is 17.6 Å². The van der Waals surface area contributed by atoms with E-state index in [1.807, 2.05) is 13.0 Å². The van der Waals surface area contributed by atoms with Crippen LogP contribution >= 0.6 is 0 Å². The van der Waals surface area contributed by atoms with Gasteiger partial charge in [-0.15, -0.1) is 0 Å². The van der Waals surface area contributed by atoms with Crippen molar-refractivity contribution >= 4 is 17.2 Å². The average molecular weight is 258 g/mol. The normalized spacial score (nSPS) is 10.3. The van der Waals surface area contributed by atoms with Crippen molar-refractivity contribution in [2.45, 2.75) is 20.3 Å². The van der Waals surface area contributed by atoms with Gasteiger partial charge in [-0.05, 0) is 37.1 Å². The Kier molecular flexibility index (Phi) is 3.90. The molecule has 2 aromatic rings. The fourth-order valence-electron chi connectivity index (χ4n) is 1.83. The molecule has 98 valence electrons. The predicted molar refractivity (Wildman–Crippen MR) is 73.3 cm³/mol. The van der Waals surface area contributed by atoms with Gasteiger partial charge < -0.3 is 5.32 Å². The molecule has 1 aromatic carbocycles. The number of aryl methyl sites for hydroxylation is 1. The van der Waals surface area contributed by atoms with Crippen LogP contribution in [0.15, 0.2) is 36.7 Å². The van der Waals surface area contributed by atoms with Crippen molar-refractivity contribution in [2.75, 3.05) is 5.32 Å². The van der Waals surface area contributed by atoms with Gasteiger partial charge in [-0.3, -0.25) is 9.78 Å². The largest absolute Gasteiger partial charge is 0.351 e. The Balaban J connectivity index is 2.34. The minimum Gasteiger partial charge on any atom is -0.351 e. The van der Waals surface area contributed by atoms with E-state index in [9.17, 15) is 9.18 Å². The van der Waals surface area contributed by atoms with Crippen LogP contribution in [0.2, 0.25) is 0 Å². The first-order chi connectivity index (χ1) is 9.11. The summed E-state index contributed by atoms with van der Waals surface area (Å²) in [6, 6.07) is 6.63. The number of pyridine rings is 1. The molecule has 1 aromatic heterocycles. The number of anilines is 2. The van der Waals surface area contributed by atoms with Crippen LogP contribution < -0.4 is 5.32 Å². The summed E-state index contributed by atoms with van der Waals surface area (Å²) in [5.41, 5.74) is 2.28. The molecule has 19 heavy (non-hydrogen) atoms. The Morgan fingerprint density at radius 2 is 2.11 bits per heavy atom. The number of halogens is 1. The number of rotatable bonds is 4. The molecule has 4 heteroatoms. The van der Waals surface area contributed by atoms with E-state index in [0.29, 0.717) is 16.9 Å². The van der Waals surface area contributed by atoms with Gasteiger partial charge in [0.25, 0.3) is 0 Å². The Hall–Kier alpha value is -2.23. The topological polar surface area (TPSA) is 42.0 Å². The molecule has 0 amide bonds. The molecule has 0 radical (unpaired) electrons. The fourth-order valence-corrected chi connectivity index (χ4v) is 1.83. The Labute approximate surface area is 111 Å². The molecule has 0 aliphatic heterocycles. The maximum atomic E-state index is 13.9. The van der Waals surface area contributed by atoms with Crippen LogP contribution in [0.25, 0.3) is 0 Å². The molecule has 0 aliphatic carbocycles. The monoisotopic (exact) mass is 258 g/mol. The van der Waals surface area contributed by atoms with E-state index in [1.54, 1.807) is 18.3 Å².